The summed E-state index contributed by atoms with van der Waals surface area (Å²) in [6.07, 6.45) is 0. The summed E-state index contributed by atoms with van der Waals surface area (Å²) in [5.74, 6) is 0.634. The molecule has 3 aromatic rings. The highest BCUT2D eigenvalue weighted by atomic mass is 16.5. The van der Waals surface area contributed by atoms with E-state index in [-0.39, 0.29) is 11.8 Å². The number of ether oxygens (including phenoxy) is 1. The third kappa shape index (κ3) is 2.94. The Labute approximate surface area is 144 Å². The Kier molecular flexibility index (Phi) is 4.07. The molecule has 4 rings (SSSR count). The molecule has 0 saturated carbocycles. The summed E-state index contributed by atoms with van der Waals surface area (Å²) in [4.78, 5) is 13.8. The van der Waals surface area contributed by atoms with Crippen LogP contribution in [0.4, 0.5) is 0 Å². The maximum absolute atomic E-state index is 11.6. The maximum atomic E-state index is 11.6. The van der Waals surface area contributed by atoms with Crippen molar-refractivity contribution in [3.8, 4) is 0 Å². The Morgan fingerprint density at radius 3 is 2.84 bits per heavy atom. The first-order valence-electron chi connectivity index (χ1n) is 8.25. The first kappa shape index (κ1) is 15.9. The summed E-state index contributed by atoms with van der Waals surface area (Å²) in [7, 11) is 0. The van der Waals surface area contributed by atoms with Gasteiger partial charge in [-0.05, 0) is 25.1 Å². The topological polar surface area (TPSA) is 76.0 Å². The van der Waals surface area contributed by atoms with Crippen molar-refractivity contribution < 1.29 is 23.5 Å². The van der Waals surface area contributed by atoms with E-state index in [1.807, 2.05) is 37.3 Å². The minimum Gasteiger partial charge on any atom is -0.475 e. The van der Waals surface area contributed by atoms with Crippen LogP contribution in [-0.4, -0.2) is 35.7 Å². The first-order valence-corrected chi connectivity index (χ1v) is 8.25. The molecule has 0 amide bonds. The maximum Gasteiger partial charge on any atom is 0.372 e. The van der Waals surface area contributed by atoms with Gasteiger partial charge in [-0.3, -0.25) is 4.90 Å². The highest BCUT2D eigenvalue weighted by Crippen LogP contribution is 2.32. The predicted molar refractivity (Wildman–Crippen MR) is 90.6 cm³/mol. The van der Waals surface area contributed by atoms with E-state index in [1.54, 1.807) is 6.07 Å². The summed E-state index contributed by atoms with van der Waals surface area (Å²) in [6.45, 7) is 4.19. The number of aryl methyl sites for hydroxylation is 1. The van der Waals surface area contributed by atoms with Gasteiger partial charge < -0.3 is 18.7 Å². The number of morpholine rings is 1. The van der Waals surface area contributed by atoms with E-state index in [2.05, 4.69) is 4.90 Å². The van der Waals surface area contributed by atoms with Crippen molar-refractivity contribution in [1.82, 2.24) is 4.90 Å². The fourth-order valence-corrected chi connectivity index (χ4v) is 3.35. The Bertz CT molecular complexity index is 910. The zero-order valence-electron chi connectivity index (χ0n) is 13.9. The summed E-state index contributed by atoms with van der Waals surface area (Å²) < 4.78 is 17.0. The first-order chi connectivity index (χ1) is 12.1. The van der Waals surface area contributed by atoms with Crippen molar-refractivity contribution in [2.24, 2.45) is 0 Å². The second-order valence-electron chi connectivity index (χ2n) is 6.22. The highest BCUT2D eigenvalue weighted by molar-refractivity contribution is 5.95. The van der Waals surface area contributed by atoms with E-state index in [0.29, 0.717) is 37.4 Å². The molecule has 1 aliphatic rings. The van der Waals surface area contributed by atoms with Crippen molar-refractivity contribution in [2.75, 3.05) is 19.8 Å². The number of rotatable bonds is 4. The summed E-state index contributed by atoms with van der Waals surface area (Å²) in [5.41, 5.74) is 1.28. The van der Waals surface area contributed by atoms with Gasteiger partial charge in [-0.2, -0.15) is 0 Å². The molecule has 0 bridgehead atoms. The van der Waals surface area contributed by atoms with Gasteiger partial charge in [0.1, 0.15) is 17.1 Å². The smallest absolute Gasteiger partial charge is 0.372 e. The van der Waals surface area contributed by atoms with Gasteiger partial charge in [0.15, 0.2) is 0 Å². The van der Waals surface area contributed by atoms with Gasteiger partial charge in [0.05, 0.1) is 19.3 Å². The molecule has 0 spiro atoms. The van der Waals surface area contributed by atoms with Crippen molar-refractivity contribution in [3.63, 3.8) is 0 Å². The summed E-state index contributed by atoms with van der Waals surface area (Å²) in [6, 6.07) is 11.2. The molecule has 1 unspecified atom stereocenters. The summed E-state index contributed by atoms with van der Waals surface area (Å²) >= 11 is 0. The second-order valence-corrected chi connectivity index (χ2v) is 6.22. The lowest BCUT2D eigenvalue weighted by molar-refractivity contribution is -0.0205. The summed E-state index contributed by atoms with van der Waals surface area (Å²) in [5, 5.41) is 10.4. The fraction of sp³-hybridized carbons (Fsp3) is 0.316. The molecule has 0 radical (unpaired) electrons. The number of benzene rings is 1. The van der Waals surface area contributed by atoms with Crippen LogP contribution >= 0.6 is 0 Å². The molecule has 3 heterocycles. The molecule has 6 nitrogen and oxygen atoms in total. The zero-order valence-corrected chi connectivity index (χ0v) is 13.9. The minimum atomic E-state index is -1.05. The van der Waals surface area contributed by atoms with Crippen molar-refractivity contribution in [2.45, 2.75) is 19.5 Å². The van der Waals surface area contributed by atoms with Crippen molar-refractivity contribution in [1.29, 1.82) is 0 Å². The van der Waals surface area contributed by atoms with E-state index in [1.165, 1.54) is 0 Å². The van der Waals surface area contributed by atoms with Crippen LogP contribution in [0.15, 0.2) is 45.2 Å². The Hall–Kier alpha value is -2.57. The molecule has 1 N–H and O–H groups in total. The van der Waals surface area contributed by atoms with Gasteiger partial charge in [-0.1, -0.05) is 18.2 Å². The molecular formula is C19H19NO5. The fourth-order valence-electron chi connectivity index (χ4n) is 3.35. The van der Waals surface area contributed by atoms with E-state index in [9.17, 15) is 9.90 Å². The molecule has 130 valence electrons. The number of carboxylic acids is 1. The minimum absolute atomic E-state index is 0.00191. The molecule has 1 aromatic carbocycles. The zero-order chi connectivity index (χ0) is 17.4. The van der Waals surface area contributed by atoms with Crippen LogP contribution in [0.5, 0.6) is 0 Å². The van der Waals surface area contributed by atoms with Crippen LogP contribution in [0.2, 0.25) is 0 Å². The Morgan fingerprint density at radius 2 is 2.08 bits per heavy atom. The number of nitrogens with zero attached hydrogens (tertiary/aromatic N) is 1. The van der Waals surface area contributed by atoms with Crippen molar-refractivity contribution >= 4 is 16.9 Å². The standard InChI is InChI=1S/C19H19NO5/c1-12-6-7-17(24-12)15-11-23-9-8-20(15)10-14-13-4-2-3-5-16(13)25-18(14)19(21)22/h2-7,15H,8-11H2,1H3,(H,21,22). The number of carboxylic acid groups (broad SMARTS) is 1. The van der Waals surface area contributed by atoms with Gasteiger partial charge in [0.25, 0.3) is 0 Å². The predicted octanol–water partition coefficient (Wildman–Crippen LogP) is 3.61. The molecule has 25 heavy (non-hydrogen) atoms. The highest BCUT2D eigenvalue weighted by Gasteiger charge is 2.30. The van der Waals surface area contributed by atoms with E-state index in [0.717, 1.165) is 16.9 Å². The number of hydrogen-bond donors (Lipinski definition) is 1. The molecule has 1 atom stereocenters. The van der Waals surface area contributed by atoms with Crippen LogP contribution in [0.3, 0.4) is 0 Å². The third-order valence-electron chi connectivity index (χ3n) is 4.58. The van der Waals surface area contributed by atoms with Crippen LogP contribution in [-0.2, 0) is 11.3 Å². The largest absolute Gasteiger partial charge is 0.475 e. The van der Waals surface area contributed by atoms with Crippen LogP contribution in [0, 0.1) is 6.92 Å². The monoisotopic (exact) mass is 341 g/mol. The number of hydrogen-bond acceptors (Lipinski definition) is 5. The molecule has 0 aliphatic carbocycles. The molecule has 6 heteroatoms. The Balaban J connectivity index is 1.71. The van der Waals surface area contributed by atoms with E-state index in [4.69, 9.17) is 13.6 Å². The Morgan fingerprint density at radius 1 is 1.24 bits per heavy atom. The van der Waals surface area contributed by atoms with Crippen LogP contribution in [0.1, 0.15) is 33.7 Å². The van der Waals surface area contributed by atoms with Gasteiger partial charge in [0, 0.05) is 24.0 Å². The second kappa shape index (κ2) is 6.38. The van der Waals surface area contributed by atoms with E-state index >= 15 is 0 Å². The average molecular weight is 341 g/mol. The normalized spacial score (nSPS) is 18.7. The lowest BCUT2D eigenvalue weighted by Crippen LogP contribution is -2.39. The van der Waals surface area contributed by atoms with Crippen LogP contribution < -0.4 is 0 Å². The number of aromatic carboxylic acids is 1. The molecule has 1 fully saturated rings. The lowest BCUT2D eigenvalue weighted by atomic mass is 10.1. The molecule has 2 aromatic heterocycles. The van der Waals surface area contributed by atoms with Gasteiger partial charge in [-0.15, -0.1) is 0 Å². The number of furan rings is 2. The quantitative estimate of drug-likeness (QED) is 0.781. The number of para-hydroxylation sites is 1. The number of carbonyl (C=O) groups is 1. The van der Waals surface area contributed by atoms with Gasteiger partial charge in [-0.25, -0.2) is 4.79 Å². The van der Waals surface area contributed by atoms with Gasteiger partial charge in [0.2, 0.25) is 5.76 Å². The lowest BCUT2D eigenvalue weighted by Gasteiger charge is -2.34. The van der Waals surface area contributed by atoms with Crippen LogP contribution in [0.25, 0.3) is 11.0 Å². The van der Waals surface area contributed by atoms with Crippen molar-refractivity contribution in [3.05, 3.63) is 59.2 Å². The molecule has 1 saturated heterocycles. The molecular weight excluding hydrogens is 322 g/mol. The molecule has 1 aliphatic heterocycles. The SMILES string of the molecule is Cc1ccc(C2COCCN2Cc2c(C(=O)O)oc3ccccc23)o1. The number of fused-ring (bicyclic) bond motifs is 1. The van der Waals surface area contributed by atoms with Gasteiger partial charge >= 0.3 is 5.97 Å². The van der Waals surface area contributed by atoms with E-state index < -0.39 is 5.97 Å². The average Bonchev–Trinajstić information content (AvgIpc) is 3.20. The third-order valence-corrected chi connectivity index (χ3v) is 4.58.